The summed E-state index contributed by atoms with van der Waals surface area (Å²) in [4.78, 5) is 29.2. The van der Waals surface area contributed by atoms with Crippen molar-refractivity contribution in [1.82, 2.24) is 10.2 Å². The molecule has 8 nitrogen and oxygen atoms in total. The molecular formula is C32H41N3O5S. The zero-order valence-electron chi connectivity index (χ0n) is 24.8. The van der Waals surface area contributed by atoms with Gasteiger partial charge >= 0.3 is 0 Å². The molecule has 0 saturated heterocycles. The molecule has 0 fully saturated rings. The molecule has 0 unspecified atom stereocenters. The van der Waals surface area contributed by atoms with Crippen LogP contribution in [0.2, 0.25) is 0 Å². The van der Waals surface area contributed by atoms with Gasteiger partial charge < -0.3 is 15.0 Å². The third kappa shape index (κ3) is 7.67. The minimum absolute atomic E-state index is 0.0448. The average molecular weight is 580 g/mol. The van der Waals surface area contributed by atoms with Crippen molar-refractivity contribution in [2.75, 3.05) is 18.0 Å². The highest BCUT2D eigenvalue weighted by molar-refractivity contribution is 7.92. The van der Waals surface area contributed by atoms with Crippen molar-refractivity contribution in [2.45, 2.75) is 71.0 Å². The highest BCUT2D eigenvalue weighted by Crippen LogP contribution is 2.34. The number of carbonyl (C=O) groups is 2. The van der Waals surface area contributed by atoms with Gasteiger partial charge in [0.2, 0.25) is 11.8 Å². The van der Waals surface area contributed by atoms with Gasteiger partial charge in [-0.15, -0.1) is 0 Å². The van der Waals surface area contributed by atoms with Crippen LogP contribution < -0.4 is 14.4 Å². The molecule has 3 rings (SSSR count). The van der Waals surface area contributed by atoms with E-state index in [4.69, 9.17) is 4.74 Å². The molecule has 0 aromatic heterocycles. The summed E-state index contributed by atoms with van der Waals surface area (Å²) in [7, 11) is -2.72. The van der Waals surface area contributed by atoms with Crippen LogP contribution in [0.1, 0.15) is 50.3 Å². The first-order chi connectivity index (χ1) is 19.5. The number of aryl methyl sites for hydroxylation is 2. The second-order valence-corrected chi connectivity index (χ2v) is 12.1. The van der Waals surface area contributed by atoms with Gasteiger partial charge in [0.05, 0.1) is 17.7 Å². The molecule has 0 aliphatic rings. The van der Waals surface area contributed by atoms with Gasteiger partial charge in [0, 0.05) is 12.6 Å². The molecule has 3 aromatic carbocycles. The summed E-state index contributed by atoms with van der Waals surface area (Å²) >= 11 is 0. The first kappa shape index (κ1) is 31.7. The predicted octanol–water partition coefficient (Wildman–Crippen LogP) is 5.23. The van der Waals surface area contributed by atoms with E-state index in [1.165, 1.54) is 24.1 Å². The van der Waals surface area contributed by atoms with E-state index in [2.05, 4.69) is 5.32 Å². The number of nitrogens with one attached hydrogen (secondary N) is 1. The lowest BCUT2D eigenvalue weighted by Gasteiger charge is -2.34. The van der Waals surface area contributed by atoms with Gasteiger partial charge in [-0.3, -0.25) is 13.9 Å². The van der Waals surface area contributed by atoms with Gasteiger partial charge in [-0.05, 0) is 74.6 Å². The molecule has 2 amide bonds. The smallest absolute Gasteiger partial charge is 0.264 e. The van der Waals surface area contributed by atoms with Gasteiger partial charge in [0.25, 0.3) is 10.0 Å². The Morgan fingerprint density at radius 3 is 2.20 bits per heavy atom. The number of nitrogens with zero attached hydrogens (tertiary/aromatic N) is 2. The normalized spacial score (nSPS) is 12.7. The molecule has 0 bridgehead atoms. The van der Waals surface area contributed by atoms with Crippen molar-refractivity contribution in [3.63, 3.8) is 0 Å². The summed E-state index contributed by atoms with van der Waals surface area (Å²) < 4.78 is 34.7. The molecule has 0 radical (unpaired) electrons. The van der Waals surface area contributed by atoms with Crippen LogP contribution in [0.25, 0.3) is 0 Å². The highest BCUT2D eigenvalue weighted by Gasteiger charge is 2.35. The van der Waals surface area contributed by atoms with Crippen molar-refractivity contribution in [3.8, 4) is 5.75 Å². The van der Waals surface area contributed by atoms with Crippen LogP contribution >= 0.6 is 0 Å². The Bertz CT molecular complexity index is 1440. The number of rotatable bonds is 13. The van der Waals surface area contributed by atoms with Crippen molar-refractivity contribution < 1.29 is 22.7 Å². The largest absolute Gasteiger partial charge is 0.495 e. The highest BCUT2D eigenvalue weighted by atomic mass is 32.2. The monoisotopic (exact) mass is 579 g/mol. The van der Waals surface area contributed by atoms with E-state index < -0.39 is 28.5 Å². The second-order valence-electron chi connectivity index (χ2n) is 10.2. The molecule has 0 aliphatic heterocycles. The fourth-order valence-electron chi connectivity index (χ4n) is 4.56. The molecule has 0 heterocycles. The quantitative estimate of drug-likeness (QED) is 0.299. The van der Waals surface area contributed by atoms with Gasteiger partial charge in [-0.25, -0.2) is 8.42 Å². The topological polar surface area (TPSA) is 96.0 Å². The maximum absolute atomic E-state index is 14.3. The number of sulfonamides is 1. The molecule has 2 atom stereocenters. The van der Waals surface area contributed by atoms with E-state index in [1.54, 1.807) is 30.3 Å². The first-order valence-electron chi connectivity index (χ1n) is 13.9. The number of amides is 2. The van der Waals surface area contributed by atoms with E-state index in [0.29, 0.717) is 12.2 Å². The molecule has 220 valence electrons. The summed E-state index contributed by atoms with van der Waals surface area (Å²) in [5.74, 6) is -0.452. The van der Waals surface area contributed by atoms with Gasteiger partial charge in [0.15, 0.2) is 0 Å². The Morgan fingerprint density at radius 1 is 0.927 bits per heavy atom. The van der Waals surface area contributed by atoms with Crippen LogP contribution in [-0.4, -0.2) is 50.9 Å². The fourth-order valence-corrected chi connectivity index (χ4v) is 6.00. The van der Waals surface area contributed by atoms with Crippen molar-refractivity contribution in [1.29, 1.82) is 0 Å². The average Bonchev–Trinajstić information content (AvgIpc) is 2.96. The third-order valence-corrected chi connectivity index (χ3v) is 8.98. The van der Waals surface area contributed by atoms with E-state index >= 15 is 0 Å². The van der Waals surface area contributed by atoms with Crippen LogP contribution in [0.4, 0.5) is 5.69 Å². The molecular weight excluding hydrogens is 538 g/mol. The number of ether oxygens (including phenoxy) is 1. The molecule has 9 heteroatoms. The molecule has 0 saturated carbocycles. The lowest BCUT2D eigenvalue weighted by atomic mass is 10.1. The van der Waals surface area contributed by atoms with Crippen LogP contribution in [0, 0.1) is 13.8 Å². The molecule has 0 aliphatic carbocycles. The summed E-state index contributed by atoms with van der Waals surface area (Å²) in [5.41, 5.74) is 2.90. The number of anilines is 1. The van der Waals surface area contributed by atoms with Crippen molar-refractivity contribution in [2.24, 2.45) is 0 Å². The minimum atomic E-state index is -4.18. The number of carbonyl (C=O) groups excluding carboxylic acids is 2. The van der Waals surface area contributed by atoms with Crippen molar-refractivity contribution >= 4 is 27.5 Å². The summed E-state index contributed by atoms with van der Waals surface area (Å²) in [6, 6.07) is 20.0. The fraction of sp³-hybridized carbons (Fsp3) is 0.375. The van der Waals surface area contributed by atoms with Crippen molar-refractivity contribution in [3.05, 3.63) is 89.5 Å². The van der Waals surface area contributed by atoms with Crippen LogP contribution in [-0.2, 0) is 26.2 Å². The summed E-state index contributed by atoms with van der Waals surface area (Å²) in [5, 5.41) is 3.00. The number of hydrogen-bond acceptors (Lipinski definition) is 5. The standard InChI is InChI=1S/C32H41N3O5S/c1-7-25(5)33-32(37)28(8-2)34(21-26-15-13-12-14-24(26)4)31(36)22-35(29-20-23(3)18-19-30(29)40-6)41(38,39)27-16-10-9-11-17-27/h9-20,25,28H,7-8,21-22H2,1-6H3,(H,33,37)/t25-,28+/m1/s1. The Kier molecular flexibility index (Phi) is 10.9. The number of benzene rings is 3. The van der Waals surface area contributed by atoms with Gasteiger partial charge in [-0.2, -0.15) is 0 Å². The van der Waals surface area contributed by atoms with E-state index in [1.807, 2.05) is 65.0 Å². The van der Waals surface area contributed by atoms with E-state index in [-0.39, 0.29) is 29.1 Å². The second kappa shape index (κ2) is 14.2. The Hall–Kier alpha value is -3.85. The summed E-state index contributed by atoms with van der Waals surface area (Å²) in [6.45, 7) is 9.16. The maximum Gasteiger partial charge on any atom is 0.264 e. The SMILES string of the molecule is CC[C@@H](C)NC(=O)[C@H](CC)N(Cc1ccccc1C)C(=O)CN(c1cc(C)ccc1OC)S(=O)(=O)c1ccccc1. The van der Waals surface area contributed by atoms with Gasteiger partial charge in [-0.1, -0.05) is 62.4 Å². The Labute approximate surface area is 244 Å². The van der Waals surface area contributed by atoms with Crippen LogP contribution in [0.3, 0.4) is 0 Å². The number of methoxy groups -OCH3 is 1. The number of hydrogen-bond donors (Lipinski definition) is 1. The van der Waals surface area contributed by atoms with Gasteiger partial charge in [0.1, 0.15) is 18.3 Å². The molecule has 3 aromatic rings. The molecule has 0 spiro atoms. The maximum atomic E-state index is 14.3. The minimum Gasteiger partial charge on any atom is -0.495 e. The third-order valence-electron chi connectivity index (χ3n) is 7.20. The van der Waals surface area contributed by atoms with Crippen LogP contribution in [0.15, 0.2) is 77.7 Å². The lowest BCUT2D eigenvalue weighted by Crippen LogP contribution is -2.53. The zero-order chi connectivity index (χ0) is 30.2. The molecule has 1 N–H and O–H groups in total. The Balaban J connectivity index is 2.13. The summed E-state index contributed by atoms with van der Waals surface area (Å²) in [6.07, 6.45) is 1.10. The predicted molar refractivity (Wildman–Crippen MR) is 162 cm³/mol. The Morgan fingerprint density at radius 2 is 1.59 bits per heavy atom. The van der Waals surface area contributed by atoms with E-state index in [9.17, 15) is 18.0 Å². The van der Waals surface area contributed by atoms with E-state index in [0.717, 1.165) is 27.4 Å². The lowest BCUT2D eigenvalue weighted by molar-refractivity contribution is -0.140. The first-order valence-corrected chi connectivity index (χ1v) is 15.3. The van der Waals surface area contributed by atoms with Crippen LogP contribution in [0.5, 0.6) is 5.75 Å². The zero-order valence-corrected chi connectivity index (χ0v) is 25.6. The molecule has 41 heavy (non-hydrogen) atoms.